The van der Waals surface area contributed by atoms with Crippen LogP contribution in [0.1, 0.15) is 36.3 Å². The summed E-state index contributed by atoms with van der Waals surface area (Å²) in [6, 6.07) is 8.71. The molecule has 3 nitrogen and oxygen atoms in total. The van der Waals surface area contributed by atoms with E-state index in [0.29, 0.717) is 13.0 Å². The van der Waals surface area contributed by atoms with Crippen molar-refractivity contribution in [3.8, 4) is 0 Å². The van der Waals surface area contributed by atoms with Crippen molar-refractivity contribution in [2.45, 2.75) is 31.7 Å². The first-order valence-electron chi connectivity index (χ1n) is 6.16. The normalized spacial score (nSPS) is 14.6. The van der Waals surface area contributed by atoms with Crippen LogP contribution in [0.25, 0.3) is 0 Å². The molecule has 0 atom stereocenters. The Kier molecular flexibility index (Phi) is 4.15. The molecule has 0 radical (unpaired) electrons. The predicted octanol–water partition coefficient (Wildman–Crippen LogP) is 2.22. The lowest BCUT2D eigenvalue weighted by molar-refractivity contribution is -0.140. The number of hydrogen-bond acceptors (Lipinski definition) is 3. The smallest absolute Gasteiger partial charge is 0.306 e. The second-order valence-corrected chi connectivity index (χ2v) is 4.52. The quantitative estimate of drug-likeness (QED) is 0.605. The van der Waals surface area contributed by atoms with Crippen molar-refractivity contribution >= 4 is 5.97 Å². The maximum absolute atomic E-state index is 10.9. The fourth-order valence-electron chi connectivity index (χ4n) is 1.90. The van der Waals surface area contributed by atoms with Gasteiger partial charge in [0.15, 0.2) is 0 Å². The molecule has 0 unspecified atom stereocenters. The maximum atomic E-state index is 10.9. The summed E-state index contributed by atoms with van der Waals surface area (Å²) in [6.45, 7) is 1.48. The number of methoxy groups -OCH3 is 1. The third-order valence-electron chi connectivity index (χ3n) is 3.06. The minimum Gasteiger partial charge on any atom is -0.469 e. The second kappa shape index (κ2) is 5.82. The van der Waals surface area contributed by atoms with Crippen molar-refractivity contribution in [2.75, 3.05) is 13.7 Å². The van der Waals surface area contributed by atoms with E-state index < -0.39 is 0 Å². The first-order valence-corrected chi connectivity index (χ1v) is 6.16. The van der Waals surface area contributed by atoms with Crippen LogP contribution >= 0.6 is 0 Å². The molecule has 1 aliphatic carbocycles. The summed E-state index contributed by atoms with van der Waals surface area (Å²) < 4.78 is 4.58. The Morgan fingerprint density at radius 1 is 1.47 bits per heavy atom. The monoisotopic (exact) mass is 233 g/mol. The molecule has 17 heavy (non-hydrogen) atoms. The third kappa shape index (κ3) is 3.86. The van der Waals surface area contributed by atoms with E-state index in [1.165, 1.54) is 31.1 Å². The summed E-state index contributed by atoms with van der Waals surface area (Å²) in [6.07, 6.45) is 3.09. The molecule has 1 fully saturated rings. The van der Waals surface area contributed by atoms with Crippen LogP contribution in [0.4, 0.5) is 0 Å². The van der Waals surface area contributed by atoms with Gasteiger partial charge in [-0.3, -0.25) is 4.79 Å². The van der Waals surface area contributed by atoms with Gasteiger partial charge < -0.3 is 10.1 Å². The molecule has 0 saturated heterocycles. The number of carbonyl (C=O) groups excluding carboxylic acids is 1. The number of nitrogens with one attached hydrogen (secondary N) is 1. The molecule has 0 aromatic heterocycles. The van der Waals surface area contributed by atoms with E-state index in [4.69, 9.17) is 0 Å². The number of benzene rings is 1. The highest BCUT2D eigenvalue weighted by Gasteiger charge is 2.23. The minimum absolute atomic E-state index is 0.163. The van der Waals surface area contributed by atoms with Crippen molar-refractivity contribution in [1.29, 1.82) is 0 Å². The van der Waals surface area contributed by atoms with Gasteiger partial charge in [-0.25, -0.2) is 0 Å². The van der Waals surface area contributed by atoms with Crippen molar-refractivity contribution in [3.63, 3.8) is 0 Å². The zero-order valence-electron chi connectivity index (χ0n) is 10.2. The fourth-order valence-corrected chi connectivity index (χ4v) is 1.90. The van der Waals surface area contributed by atoms with Gasteiger partial charge in [-0.2, -0.15) is 0 Å². The Morgan fingerprint density at radius 3 is 3.00 bits per heavy atom. The van der Waals surface area contributed by atoms with E-state index in [1.54, 1.807) is 0 Å². The van der Waals surface area contributed by atoms with E-state index in [0.717, 1.165) is 12.5 Å². The second-order valence-electron chi connectivity index (χ2n) is 4.52. The van der Waals surface area contributed by atoms with Crippen LogP contribution in [0.2, 0.25) is 0 Å². The third-order valence-corrected chi connectivity index (χ3v) is 3.06. The molecule has 3 heteroatoms. The van der Waals surface area contributed by atoms with E-state index in [-0.39, 0.29) is 5.97 Å². The molecular formula is C14H19NO2. The lowest BCUT2D eigenvalue weighted by atomic mass is 10.1. The molecule has 92 valence electrons. The van der Waals surface area contributed by atoms with Crippen LogP contribution in [0.5, 0.6) is 0 Å². The number of hydrogen-bond donors (Lipinski definition) is 1. The summed E-state index contributed by atoms with van der Waals surface area (Å²) in [5.41, 5.74) is 2.75. The van der Waals surface area contributed by atoms with Gasteiger partial charge in [-0.15, -0.1) is 0 Å². The van der Waals surface area contributed by atoms with Crippen molar-refractivity contribution < 1.29 is 9.53 Å². The highest BCUT2D eigenvalue weighted by Crippen LogP contribution is 2.40. The fraction of sp³-hybridized carbons (Fsp3) is 0.500. The molecule has 1 aromatic rings. The molecule has 1 aromatic carbocycles. The molecule has 0 aliphatic heterocycles. The van der Waals surface area contributed by atoms with Gasteiger partial charge in [0.25, 0.3) is 0 Å². The van der Waals surface area contributed by atoms with Crippen molar-refractivity contribution in [2.24, 2.45) is 0 Å². The lowest BCUT2D eigenvalue weighted by Gasteiger charge is -2.06. The number of esters is 1. The summed E-state index contributed by atoms with van der Waals surface area (Å²) in [5, 5.41) is 3.25. The summed E-state index contributed by atoms with van der Waals surface area (Å²) in [4.78, 5) is 10.9. The van der Waals surface area contributed by atoms with E-state index in [1.807, 2.05) is 0 Å². The Hall–Kier alpha value is -1.35. The molecule has 0 amide bonds. The number of rotatable bonds is 6. The van der Waals surface area contributed by atoms with Gasteiger partial charge in [0.2, 0.25) is 0 Å². The van der Waals surface area contributed by atoms with Gasteiger partial charge in [0.1, 0.15) is 0 Å². The predicted molar refractivity (Wildman–Crippen MR) is 66.8 cm³/mol. The van der Waals surface area contributed by atoms with Crippen LogP contribution in [0, 0.1) is 0 Å². The maximum Gasteiger partial charge on any atom is 0.306 e. The van der Waals surface area contributed by atoms with Gasteiger partial charge in [0, 0.05) is 13.1 Å². The molecule has 1 N–H and O–H groups in total. The zero-order chi connectivity index (χ0) is 12.1. The highest BCUT2D eigenvalue weighted by molar-refractivity contribution is 5.69. The largest absolute Gasteiger partial charge is 0.469 e. The highest BCUT2D eigenvalue weighted by atomic mass is 16.5. The topological polar surface area (TPSA) is 38.3 Å². The average Bonchev–Trinajstić information content (AvgIpc) is 3.19. The first-order chi connectivity index (χ1) is 8.29. The SMILES string of the molecule is COC(=O)CCNCc1cccc(C2CC2)c1. The Labute approximate surface area is 102 Å². The Morgan fingerprint density at radius 2 is 2.29 bits per heavy atom. The molecular weight excluding hydrogens is 214 g/mol. The van der Waals surface area contributed by atoms with E-state index in [9.17, 15) is 4.79 Å². The van der Waals surface area contributed by atoms with Crippen LogP contribution in [-0.4, -0.2) is 19.6 Å². The van der Waals surface area contributed by atoms with Crippen LogP contribution in [-0.2, 0) is 16.1 Å². The molecule has 0 heterocycles. The summed E-state index contributed by atoms with van der Waals surface area (Å²) >= 11 is 0. The lowest BCUT2D eigenvalue weighted by Crippen LogP contribution is -2.18. The van der Waals surface area contributed by atoms with Crippen molar-refractivity contribution in [1.82, 2.24) is 5.32 Å². The van der Waals surface area contributed by atoms with Crippen LogP contribution in [0.15, 0.2) is 24.3 Å². The number of ether oxygens (including phenoxy) is 1. The molecule has 1 aliphatic rings. The number of carbonyl (C=O) groups is 1. The standard InChI is InChI=1S/C14H19NO2/c1-17-14(16)7-8-15-10-11-3-2-4-13(9-11)12-5-6-12/h2-4,9,12,15H,5-8,10H2,1H3. The molecule has 1 saturated carbocycles. The van der Waals surface area contributed by atoms with Crippen molar-refractivity contribution in [3.05, 3.63) is 35.4 Å². The van der Waals surface area contributed by atoms with Gasteiger partial charge >= 0.3 is 5.97 Å². The zero-order valence-corrected chi connectivity index (χ0v) is 10.2. The van der Waals surface area contributed by atoms with Crippen LogP contribution in [0.3, 0.4) is 0 Å². The van der Waals surface area contributed by atoms with E-state index >= 15 is 0 Å². The molecule has 0 bridgehead atoms. The van der Waals surface area contributed by atoms with Gasteiger partial charge in [0.05, 0.1) is 13.5 Å². The van der Waals surface area contributed by atoms with E-state index in [2.05, 4.69) is 34.3 Å². The summed E-state index contributed by atoms with van der Waals surface area (Å²) in [5.74, 6) is 0.634. The van der Waals surface area contributed by atoms with Crippen LogP contribution < -0.4 is 5.32 Å². The average molecular weight is 233 g/mol. The minimum atomic E-state index is -0.163. The molecule has 2 rings (SSSR count). The Balaban J connectivity index is 1.74. The Bertz CT molecular complexity index is 386. The first kappa shape index (κ1) is 12.1. The summed E-state index contributed by atoms with van der Waals surface area (Å²) in [7, 11) is 1.42. The van der Waals surface area contributed by atoms with Gasteiger partial charge in [-0.05, 0) is 29.9 Å². The van der Waals surface area contributed by atoms with Gasteiger partial charge in [-0.1, -0.05) is 24.3 Å². The molecule has 0 spiro atoms.